The number of imidazole rings is 1. The van der Waals surface area contributed by atoms with Gasteiger partial charge >= 0.3 is 0 Å². The van der Waals surface area contributed by atoms with E-state index >= 15 is 0 Å². The van der Waals surface area contributed by atoms with Crippen molar-refractivity contribution in [2.45, 2.75) is 13.5 Å². The topological polar surface area (TPSA) is 67.0 Å². The highest BCUT2D eigenvalue weighted by Crippen LogP contribution is 2.34. The van der Waals surface area contributed by atoms with E-state index in [9.17, 15) is 10.0 Å². The number of aliphatic hydroxyl groups is 1. The molecule has 0 amide bonds. The average molecular weight is 302 g/mol. The number of nitroso groups, excluding NO2 is 1. The van der Waals surface area contributed by atoms with Gasteiger partial charge in [0.25, 0.3) is 0 Å². The summed E-state index contributed by atoms with van der Waals surface area (Å²) in [4.78, 5) is 15.7. The van der Waals surface area contributed by atoms with Gasteiger partial charge in [-0.3, -0.25) is 4.40 Å². The van der Waals surface area contributed by atoms with Crippen molar-refractivity contribution in [1.82, 2.24) is 9.38 Å². The molecular weight excluding hydrogens is 290 g/mol. The van der Waals surface area contributed by atoms with Gasteiger partial charge in [0, 0.05) is 22.3 Å². The number of aryl methyl sites for hydroxylation is 1. The molecule has 0 atom stereocenters. The number of aromatic nitrogens is 2. The van der Waals surface area contributed by atoms with Gasteiger partial charge in [0.05, 0.1) is 6.61 Å². The standard InChI is InChI=1S/C15H12ClN3O2/c1-9-4-5-11(16)7-12(9)13-15(18-21)19-6-2-3-10(8-20)14(19)17-13/h2-7,20H,8H2,1H3. The number of hydrogen-bond acceptors (Lipinski definition) is 4. The SMILES string of the molecule is Cc1ccc(Cl)cc1-c1nc2c(CO)cccn2c1N=O. The van der Waals surface area contributed by atoms with Crippen molar-refractivity contribution in [3.05, 3.63) is 57.6 Å². The van der Waals surface area contributed by atoms with Gasteiger partial charge in [0.2, 0.25) is 5.82 Å². The molecule has 0 spiro atoms. The molecule has 0 saturated heterocycles. The molecule has 0 bridgehead atoms. The molecule has 6 heteroatoms. The van der Waals surface area contributed by atoms with Crippen molar-refractivity contribution in [2.24, 2.45) is 5.18 Å². The molecule has 1 aromatic carbocycles. The molecule has 0 aliphatic heterocycles. The first kappa shape index (κ1) is 13.7. The minimum absolute atomic E-state index is 0.159. The van der Waals surface area contributed by atoms with Gasteiger partial charge in [-0.25, -0.2) is 4.98 Å². The first-order chi connectivity index (χ1) is 10.2. The Hall–Kier alpha value is -2.24. The second kappa shape index (κ2) is 5.27. The molecule has 1 N–H and O–H groups in total. The number of benzene rings is 1. The molecule has 21 heavy (non-hydrogen) atoms. The predicted octanol–water partition coefficient (Wildman–Crippen LogP) is 3.85. The van der Waals surface area contributed by atoms with Gasteiger partial charge < -0.3 is 5.11 Å². The van der Waals surface area contributed by atoms with Gasteiger partial charge in [-0.2, -0.15) is 0 Å². The normalized spacial score (nSPS) is 11.0. The van der Waals surface area contributed by atoms with E-state index in [1.165, 1.54) is 0 Å². The van der Waals surface area contributed by atoms with Crippen LogP contribution in [0.2, 0.25) is 5.02 Å². The Labute approximate surface area is 125 Å². The molecule has 0 aliphatic rings. The molecule has 106 valence electrons. The van der Waals surface area contributed by atoms with Crippen molar-refractivity contribution in [1.29, 1.82) is 0 Å². The predicted molar refractivity (Wildman–Crippen MR) is 81.8 cm³/mol. The Kier molecular flexibility index (Phi) is 3.45. The fourth-order valence-corrected chi connectivity index (χ4v) is 2.52. The Morgan fingerprint density at radius 1 is 1.38 bits per heavy atom. The number of pyridine rings is 1. The molecule has 0 radical (unpaired) electrons. The summed E-state index contributed by atoms with van der Waals surface area (Å²) in [6.07, 6.45) is 1.70. The molecule has 2 aromatic heterocycles. The zero-order valence-electron chi connectivity index (χ0n) is 11.2. The Balaban J connectivity index is 2.37. The second-order valence-electron chi connectivity index (χ2n) is 4.72. The zero-order valence-corrected chi connectivity index (χ0v) is 12.0. The van der Waals surface area contributed by atoms with Crippen LogP contribution in [0, 0.1) is 11.8 Å². The number of halogens is 1. The van der Waals surface area contributed by atoms with Crippen LogP contribution < -0.4 is 0 Å². The molecule has 3 aromatic rings. The average Bonchev–Trinajstić information content (AvgIpc) is 2.87. The van der Waals surface area contributed by atoms with E-state index in [1.807, 2.05) is 13.0 Å². The lowest BCUT2D eigenvalue weighted by Gasteiger charge is -2.03. The molecule has 2 heterocycles. The van der Waals surface area contributed by atoms with E-state index in [1.54, 1.807) is 34.9 Å². The van der Waals surface area contributed by atoms with Crippen molar-refractivity contribution >= 4 is 23.1 Å². The highest BCUT2D eigenvalue weighted by molar-refractivity contribution is 6.30. The lowest BCUT2D eigenvalue weighted by Crippen LogP contribution is -1.90. The van der Waals surface area contributed by atoms with Crippen molar-refractivity contribution in [3.63, 3.8) is 0 Å². The minimum Gasteiger partial charge on any atom is -0.392 e. The fourth-order valence-electron chi connectivity index (χ4n) is 2.35. The van der Waals surface area contributed by atoms with Gasteiger partial charge in [-0.05, 0) is 35.9 Å². The summed E-state index contributed by atoms with van der Waals surface area (Å²) in [5.41, 5.74) is 3.31. The molecule has 0 fully saturated rings. The maximum Gasteiger partial charge on any atom is 0.209 e. The summed E-state index contributed by atoms with van der Waals surface area (Å²) in [6.45, 7) is 1.75. The number of hydrogen-bond donors (Lipinski definition) is 1. The molecular formula is C15H12ClN3O2. The molecule has 5 nitrogen and oxygen atoms in total. The number of aliphatic hydroxyl groups excluding tert-OH is 1. The summed E-state index contributed by atoms with van der Waals surface area (Å²) < 4.78 is 1.58. The summed E-state index contributed by atoms with van der Waals surface area (Å²) in [5.74, 6) is 0.200. The summed E-state index contributed by atoms with van der Waals surface area (Å²) in [6, 6.07) is 8.90. The van der Waals surface area contributed by atoms with Crippen LogP contribution in [0.5, 0.6) is 0 Å². The molecule has 3 rings (SSSR count). The van der Waals surface area contributed by atoms with E-state index in [-0.39, 0.29) is 12.4 Å². The summed E-state index contributed by atoms with van der Waals surface area (Å²) in [5, 5.41) is 13.1. The quantitative estimate of drug-likeness (QED) is 0.747. The third-order valence-corrected chi connectivity index (χ3v) is 3.65. The van der Waals surface area contributed by atoms with Crippen LogP contribution in [0.25, 0.3) is 16.9 Å². The van der Waals surface area contributed by atoms with Crippen LogP contribution in [0.15, 0.2) is 41.7 Å². The lowest BCUT2D eigenvalue weighted by atomic mass is 10.1. The van der Waals surface area contributed by atoms with Gasteiger partial charge in [0.15, 0.2) is 0 Å². The van der Waals surface area contributed by atoms with Crippen LogP contribution in [0.4, 0.5) is 5.82 Å². The van der Waals surface area contributed by atoms with Crippen molar-refractivity contribution in [3.8, 4) is 11.3 Å². The smallest absolute Gasteiger partial charge is 0.209 e. The number of fused-ring (bicyclic) bond motifs is 1. The van der Waals surface area contributed by atoms with Crippen LogP contribution in [0.1, 0.15) is 11.1 Å². The molecule has 0 unspecified atom stereocenters. The van der Waals surface area contributed by atoms with Gasteiger partial charge in [0.1, 0.15) is 11.3 Å². The van der Waals surface area contributed by atoms with Crippen molar-refractivity contribution < 1.29 is 5.11 Å². The summed E-state index contributed by atoms with van der Waals surface area (Å²) >= 11 is 6.04. The van der Waals surface area contributed by atoms with Crippen LogP contribution >= 0.6 is 11.6 Å². The van der Waals surface area contributed by atoms with Crippen LogP contribution in [-0.4, -0.2) is 14.5 Å². The third-order valence-electron chi connectivity index (χ3n) is 3.42. The Morgan fingerprint density at radius 3 is 2.90 bits per heavy atom. The first-order valence-electron chi connectivity index (χ1n) is 6.36. The van der Waals surface area contributed by atoms with Gasteiger partial charge in [-0.1, -0.05) is 23.7 Å². The van der Waals surface area contributed by atoms with Crippen molar-refractivity contribution in [2.75, 3.05) is 0 Å². The number of nitrogens with zero attached hydrogens (tertiary/aromatic N) is 3. The molecule has 0 saturated carbocycles. The van der Waals surface area contributed by atoms with E-state index in [4.69, 9.17) is 11.6 Å². The second-order valence-corrected chi connectivity index (χ2v) is 5.16. The summed E-state index contributed by atoms with van der Waals surface area (Å²) in [7, 11) is 0. The van der Waals surface area contributed by atoms with Gasteiger partial charge in [-0.15, -0.1) is 4.91 Å². The Morgan fingerprint density at radius 2 is 2.19 bits per heavy atom. The molecule has 0 aliphatic carbocycles. The fraction of sp³-hybridized carbons (Fsp3) is 0.133. The largest absolute Gasteiger partial charge is 0.392 e. The highest BCUT2D eigenvalue weighted by Gasteiger charge is 2.18. The maximum atomic E-state index is 11.3. The maximum absolute atomic E-state index is 11.3. The van der Waals surface area contributed by atoms with Crippen LogP contribution in [-0.2, 0) is 6.61 Å². The van der Waals surface area contributed by atoms with E-state index in [2.05, 4.69) is 10.2 Å². The third kappa shape index (κ3) is 2.20. The monoisotopic (exact) mass is 301 g/mol. The zero-order chi connectivity index (χ0) is 15.0. The van der Waals surface area contributed by atoms with E-state index < -0.39 is 0 Å². The van der Waals surface area contributed by atoms with Crippen LogP contribution in [0.3, 0.4) is 0 Å². The van der Waals surface area contributed by atoms with E-state index in [0.29, 0.717) is 21.9 Å². The highest BCUT2D eigenvalue weighted by atomic mass is 35.5. The van der Waals surface area contributed by atoms with E-state index in [0.717, 1.165) is 11.1 Å². The minimum atomic E-state index is -0.159. The Bertz CT molecular complexity index is 842. The number of rotatable bonds is 3. The lowest BCUT2D eigenvalue weighted by molar-refractivity contribution is 0.282. The first-order valence-corrected chi connectivity index (χ1v) is 6.74.